The third-order valence-corrected chi connectivity index (χ3v) is 4.48. The van der Waals surface area contributed by atoms with Crippen LogP contribution in [0.3, 0.4) is 0 Å². The van der Waals surface area contributed by atoms with Crippen LogP contribution < -0.4 is 10.6 Å². The molecule has 0 bridgehead atoms. The van der Waals surface area contributed by atoms with Gasteiger partial charge in [-0.15, -0.1) is 0 Å². The average Bonchev–Trinajstić information content (AvgIpc) is 2.78. The van der Waals surface area contributed by atoms with Crippen molar-refractivity contribution in [2.75, 3.05) is 13.1 Å². The van der Waals surface area contributed by atoms with Gasteiger partial charge in [-0.1, -0.05) is 91.0 Å². The number of hydrogen-bond acceptors (Lipinski definition) is 2. The molecule has 0 aliphatic heterocycles. The minimum absolute atomic E-state index is 0.0866. The lowest BCUT2D eigenvalue weighted by Crippen LogP contribution is -2.36. The molecule has 0 saturated carbocycles. The summed E-state index contributed by atoms with van der Waals surface area (Å²) in [6.45, 7) is 0.722. The molecule has 2 amide bonds. The number of hydrogen-bond donors (Lipinski definition) is 2. The molecule has 0 radical (unpaired) electrons. The van der Waals surface area contributed by atoms with Crippen LogP contribution in [0.5, 0.6) is 0 Å². The average molecular weight is 384 g/mol. The van der Waals surface area contributed by atoms with Crippen molar-refractivity contribution in [3.05, 3.63) is 114 Å². The zero-order valence-corrected chi connectivity index (χ0v) is 16.1. The van der Waals surface area contributed by atoms with Gasteiger partial charge < -0.3 is 10.6 Å². The van der Waals surface area contributed by atoms with Crippen molar-refractivity contribution in [3.8, 4) is 0 Å². The maximum Gasteiger partial charge on any atom is 0.244 e. The summed E-state index contributed by atoms with van der Waals surface area (Å²) in [5.41, 5.74) is 2.83. The highest BCUT2D eigenvalue weighted by Gasteiger charge is 2.21. The summed E-state index contributed by atoms with van der Waals surface area (Å²) in [6, 6.07) is 29.0. The van der Waals surface area contributed by atoms with Gasteiger partial charge in [-0.2, -0.15) is 0 Å². The van der Waals surface area contributed by atoms with Crippen LogP contribution in [0, 0.1) is 0 Å². The van der Waals surface area contributed by atoms with E-state index in [1.807, 2.05) is 91.0 Å². The molecule has 3 rings (SSSR count). The highest BCUT2D eigenvalue weighted by atomic mass is 16.2. The van der Waals surface area contributed by atoms with Crippen LogP contribution in [0.2, 0.25) is 0 Å². The van der Waals surface area contributed by atoms with E-state index in [-0.39, 0.29) is 17.7 Å². The maximum atomic E-state index is 12.9. The maximum absolute atomic E-state index is 12.9. The molecule has 0 aliphatic carbocycles. The number of nitrogens with one attached hydrogen (secondary N) is 2. The van der Waals surface area contributed by atoms with Crippen LogP contribution in [0.4, 0.5) is 0 Å². The third-order valence-electron chi connectivity index (χ3n) is 4.48. The van der Waals surface area contributed by atoms with Crippen LogP contribution in [0.15, 0.2) is 97.1 Å². The summed E-state index contributed by atoms with van der Waals surface area (Å²) >= 11 is 0. The highest BCUT2D eigenvalue weighted by molar-refractivity contribution is 5.91. The molecule has 3 aromatic rings. The van der Waals surface area contributed by atoms with E-state index in [9.17, 15) is 9.59 Å². The van der Waals surface area contributed by atoms with Gasteiger partial charge >= 0.3 is 0 Å². The summed E-state index contributed by atoms with van der Waals surface area (Å²) in [5.74, 6) is -0.659. The predicted octanol–water partition coefficient (Wildman–Crippen LogP) is 3.76. The van der Waals surface area contributed by atoms with Crippen molar-refractivity contribution in [2.24, 2.45) is 0 Å². The first-order valence-electron chi connectivity index (χ1n) is 9.62. The van der Waals surface area contributed by atoms with Gasteiger partial charge in [-0.3, -0.25) is 9.59 Å². The van der Waals surface area contributed by atoms with Crippen molar-refractivity contribution >= 4 is 17.9 Å². The second-order valence-electron chi connectivity index (χ2n) is 6.58. The van der Waals surface area contributed by atoms with Crippen LogP contribution in [-0.4, -0.2) is 24.9 Å². The van der Waals surface area contributed by atoms with Crippen LogP contribution >= 0.6 is 0 Å². The molecule has 0 aliphatic rings. The topological polar surface area (TPSA) is 58.2 Å². The van der Waals surface area contributed by atoms with Gasteiger partial charge in [0.25, 0.3) is 0 Å². The summed E-state index contributed by atoms with van der Waals surface area (Å²) in [7, 11) is 0. The smallest absolute Gasteiger partial charge is 0.244 e. The van der Waals surface area contributed by atoms with Gasteiger partial charge in [0.05, 0.1) is 5.92 Å². The Bertz CT molecular complexity index is 899. The van der Waals surface area contributed by atoms with Crippen LogP contribution in [0.1, 0.15) is 22.6 Å². The molecule has 0 aromatic heterocycles. The van der Waals surface area contributed by atoms with Gasteiger partial charge in [0.2, 0.25) is 11.8 Å². The molecule has 0 heterocycles. The Kier molecular flexibility index (Phi) is 7.35. The summed E-state index contributed by atoms with van der Waals surface area (Å²) < 4.78 is 0. The molecule has 3 aromatic carbocycles. The van der Waals surface area contributed by atoms with Gasteiger partial charge in [-0.25, -0.2) is 0 Å². The Labute approximate surface area is 171 Å². The van der Waals surface area contributed by atoms with Crippen molar-refractivity contribution < 1.29 is 9.59 Å². The van der Waals surface area contributed by atoms with E-state index < -0.39 is 0 Å². The monoisotopic (exact) mass is 384 g/mol. The number of carbonyl (C=O) groups is 2. The molecular weight excluding hydrogens is 360 g/mol. The number of amides is 2. The zero-order chi connectivity index (χ0) is 20.3. The van der Waals surface area contributed by atoms with E-state index in [1.165, 1.54) is 6.08 Å². The van der Waals surface area contributed by atoms with E-state index in [0.29, 0.717) is 13.1 Å². The minimum Gasteiger partial charge on any atom is -0.354 e. The first-order chi connectivity index (χ1) is 14.2. The summed E-state index contributed by atoms with van der Waals surface area (Å²) in [5, 5.41) is 5.72. The van der Waals surface area contributed by atoms with Crippen molar-refractivity contribution in [2.45, 2.75) is 5.92 Å². The number of carbonyl (C=O) groups excluding carboxylic acids is 2. The van der Waals surface area contributed by atoms with E-state index in [4.69, 9.17) is 0 Å². The lowest BCUT2D eigenvalue weighted by atomic mass is 9.90. The van der Waals surface area contributed by atoms with E-state index >= 15 is 0 Å². The lowest BCUT2D eigenvalue weighted by molar-refractivity contribution is -0.122. The summed E-state index contributed by atoms with van der Waals surface area (Å²) in [6.07, 6.45) is 3.25. The van der Waals surface area contributed by atoms with Crippen molar-refractivity contribution in [3.63, 3.8) is 0 Å². The van der Waals surface area contributed by atoms with E-state index in [0.717, 1.165) is 16.7 Å². The molecule has 0 unspecified atom stereocenters. The lowest BCUT2D eigenvalue weighted by Gasteiger charge is -2.18. The fourth-order valence-electron chi connectivity index (χ4n) is 3.05. The van der Waals surface area contributed by atoms with Gasteiger partial charge in [0.1, 0.15) is 0 Å². The Hall–Kier alpha value is -3.66. The zero-order valence-electron chi connectivity index (χ0n) is 16.1. The predicted molar refractivity (Wildman–Crippen MR) is 116 cm³/mol. The molecule has 4 heteroatoms. The third kappa shape index (κ3) is 6.18. The fourth-order valence-corrected chi connectivity index (χ4v) is 3.05. The first-order valence-corrected chi connectivity index (χ1v) is 9.62. The van der Waals surface area contributed by atoms with Gasteiger partial charge in [-0.05, 0) is 22.8 Å². The quantitative estimate of drug-likeness (QED) is 0.459. The normalized spacial score (nSPS) is 10.8. The number of benzene rings is 3. The molecule has 146 valence electrons. The number of rotatable bonds is 8. The van der Waals surface area contributed by atoms with E-state index in [2.05, 4.69) is 10.6 Å². The highest BCUT2D eigenvalue weighted by Crippen LogP contribution is 2.24. The largest absolute Gasteiger partial charge is 0.354 e. The van der Waals surface area contributed by atoms with Gasteiger partial charge in [0, 0.05) is 19.2 Å². The molecule has 2 N–H and O–H groups in total. The Morgan fingerprint density at radius 1 is 0.690 bits per heavy atom. The Balaban J connectivity index is 1.53. The van der Waals surface area contributed by atoms with Crippen molar-refractivity contribution in [1.82, 2.24) is 10.6 Å². The first kappa shape index (κ1) is 20.1. The molecule has 0 spiro atoms. The van der Waals surface area contributed by atoms with Crippen LogP contribution in [-0.2, 0) is 9.59 Å². The standard InChI is InChI=1S/C25H24N2O2/c28-23(17-16-20-10-4-1-5-11-20)26-18-19-27-25(29)24(21-12-6-2-7-13-21)22-14-8-3-9-15-22/h1-17,24H,18-19H2,(H,26,28)(H,27,29)/b17-16+. The molecule has 4 nitrogen and oxygen atoms in total. The van der Waals surface area contributed by atoms with E-state index in [1.54, 1.807) is 6.08 Å². The Morgan fingerprint density at radius 3 is 1.72 bits per heavy atom. The molecule has 0 atom stereocenters. The SMILES string of the molecule is O=C(/C=C/c1ccccc1)NCCNC(=O)C(c1ccccc1)c1ccccc1. The molecule has 29 heavy (non-hydrogen) atoms. The minimum atomic E-state index is -0.383. The fraction of sp³-hybridized carbons (Fsp3) is 0.120. The Morgan fingerprint density at radius 2 is 1.17 bits per heavy atom. The summed E-state index contributed by atoms with van der Waals surface area (Å²) in [4.78, 5) is 24.8. The van der Waals surface area contributed by atoms with Crippen LogP contribution in [0.25, 0.3) is 6.08 Å². The van der Waals surface area contributed by atoms with Crippen molar-refractivity contribution in [1.29, 1.82) is 0 Å². The van der Waals surface area contributed by atoms with Gasteiger partial charge in [0.15, 0.2) is 0 Å². The molecular formula is C25H24N2O2. The molecule has 0 fully saturated rings. The second-order valence-corrected chi connectivity index (χ2v) is 6.58. The molecule has 0 saturated heterocycles. The second kappa shape index (κ2) is 10.6.